The number of likely N-dealkylation sites (tertiary alicyclic amines) is 1. The van der Waals surface area contributed by atoms with Gasteiger partial charge in [0.2, 0.25) is 0 Å². The second kappa shape index (κ2) is 7.11. The third kappa shape index (κ3) is 3.97. The van der Waals surface area contributed by atoms with E-state index in [9.17, 15) is 4.79 Å². The van der Waals surface area contributed by atoms with E-state index in [1.165, 1.54) is 0 Å². The van der Waals surface area contributed by atoms with Crippen molar-refractivity contribution >= 4 is 52.5 Å². The smallest absolute Gasteiger partial charge is 0.253 e. The number of halogens is 3. The Morgan fingerprint density at radius 3 is 2.79 bits per heavy atom. The summed E-state index contributed by atoms with van der Waals surface area (Å²) >= 11 is 8.20. The average Bonchev–Trinajstić information content (AvgIpc) is 2.81. The minimum atomic E-state index is 0. The van der Waals surface area contributed by atoms with Crippen LogP contribution >= 0.6 is 46.6 Å². The van der Waals surface area contributed by atoms with Gasteiger partial charge in [-0.15, -0.1) is 12.4 Å². The number of hydrogen-bond acceptors (Lipinski definition) is 2. The lowest BCUT2D eigenvalue weighted by Gasteiger charge is -2.18. The highest BCUT2D eigenvalue weighted by Crippen LogP contribution is 2.24. The molecule has 0 bridgehead atoms. The van der Waals surface area contributed by atoms with Crippen LogP contribution in [0.2, 0.25) is 5.02 Å². The first-order chi connectivity index (χ1) is 8.49. The summed E-state index contributed by atoms with van der Waals surface area (Å²) in [5, 5.41) is 0.629. The van der Waals surface area contributed by atoms with Crippen molar-refractivity contribution in [2.45, 2.75) is 19.4 Å². The molecule has 106 valence electrons. The van der Waals surface area contributed by atoms with E-state index in [0.717, 1.165) is 23.1 Å². The van der Waals surface area contributed by atoms with Crippen LogP contribution in [0.15, 0.2) is 18.2 Å². The summed E-state index contributed by atoms with van der Waals surface area (Å²) in [6, 6.07) is 5.58. The lowest BCUT2D eigenvalue weighted by molar-refractivity contribution is 0.0786. The van der Waals surface area contributed by atoms with E-state index in [0.29, 0.717) is 16.5 Å². The summed E-state index contributed by atoms with van der Waals surface area (Å²) in [6.07, 6.45) is 0.988. The van der Waals surface area contributed by atoms with Gasteiger partial charge in [0.1, 0.15) is 0 Å². The van der Waals surface area contributed by atoms with Crippen LogP contribution in [-0.2, 0) is 0 Å². The van der Waals surface area contributed by atoms with Gasteiger partial charge in [-0.3, -0.25) is 4.79 Å². The van der Waals surface area contributed by atoms with Gasteiger partial charge >= 0.3 is 0 Å². The van der Waals surface area contributed by atoms with Gasteiger partial charge in [-0.05, 0) is 60.1 Å². The van der Waals surface area contributed by atoms with E-state index < -0.39 is 0 Å². The van der Waals surface area contributed by atoms with Gasteiger partial charge in [0.05, 0.1) is 5.02 Å². The Labute approximate surface area is 138 Å². The van der Waals surface area contributed by atoms with Crippen LogP contribution in [0.5, 0.6) is 0 Å². The molecule has 1 heterocycles. The van der Waals surface area contributed by atoms with Crippen molar-refractivity contribution in [3.05, 3.63) is 32.4 Å². The molecule has 2 atom stereocenters. The number of carbonyl (C=O) groups is 1. The average molecular weight is 415 g/mol. The van der Waals surface area contributed by atoms with E-state index >= 15 is 0 Å². The Bertz CT molecular complexity index is 468. The van der Waals surface area contributed by atoms with Crippen molar-refractivity contribution in [2.24, 2.45) is 11.7 Å². The first-order valence-corrected chi connectivity index (χ1v) is 7.44. The zero-order valence-electron chi connectivity index (χ0n) is 10.6. The largest absolute Gasteiger partial charge is 0.338 e. The fourth-order valence-electron chi connectivity index (χ4n) is 2.21. The molecule has 2 rings (SSSR count). The number of nitrogens with two attached hydrogens (primary N) is 1. The van der Waals surface area contributed by atoms with E-state index in [1.54, 1.807) is 6.07 Å². The highest BCUT2D eigenvalue weighted by molar-refractivity contribution is 14.1. The Morgan fingerprint density at radius 2 is 2.26 bits per heavy atom. The summed E-state index contributed by atoms with van der Waals surface area (Å²) in [6.45, 7) is 3.54. The molecule has 2 N–H and O–H groups in total. The number of benzene rings is 1. The van der Waals surface area contributed by atoms with E-state index in [-0.39, 0.29) is 24.4 Å². The van der Waals surface area contributed by atoms with Crippen LogP contribution in [0.4, 0.5) is 0 Å². The molecule has 1 fully saturated rings. The molecule has 0 radical (unpaired) electrons. The molecule has 1 aliphatic rings. The fraction of sp³-hybridized carbons (Fsp3) is 0.462. The first-order valence-electron chi connectivity index (χ1n) is 5.99. The number of carbonyl (C=O) groups excluding carboxylic acids is 1. The number of amides is 1. The Morgan fingerprint density at radius 1 is 1.58 bits per heavy atom. The van der Waals surface area contributed by atoms with E-state index in [1.807, 2.05) is 24.0 Å². The fourth-order valence-corrected chi connectivity index (χ4v) is 2.73. The molecule has 1 aliphatic heterocycles. The molecule has 1 aromatic carbocycles. The summed E-state index contributed by atoms with van der Waals surface area (Å²) < 4.78 is 0.959. The predicted molar refractivity (Wildman–Crippen MR) is 89.1 cm³/mol. The SMILES string of the molecule is CC(N)C1CCN(C(=O)c2ccc(I)c(Cl)c2)C1.Cl. The van der Waals surface area contributed by atoms with Gasteiger partial charge in [-0.1, -0.05) is 11.6 Å². The van der Waals surface area contributed by atoms with Crippen LogP contribution in [0.3, 0.4) is 0 Å². The monoisotopic (exact) mass is 414 g/mol. The highest BCUT2D eigenvalue weighted by Gasteiger charge is 2.29. The zero-order valence-corrected chi connectivity index (χ0v) is 14.3. The van der Waals surface area contributed by atoms with Crippen LogP contribution in [-0.4, -0.2) is 29.9 Å². The van der Waals surface area contributed by atoms with E-state index in [2.05, 4.69) is 22.6 Å². The van der Waals surface area contributed by atoms with Crippen molar-refractivity contribution in [3.63, 3.8) is 0 Å². The molecule has 1 amide bonds. The minimum Gasteiger partial charge on any atom is -0.338 e. The lowest BCUT2D eigenvalue weighted by Crippen LogP contribution is -2.33. The van der Waals surface area contributed by atoms with Crippen molar-refractivity contribution in [3.8, 4) is 0 Å². The van der Waals surface area contributed by atoms with Crippen LogP contribution in [0, 0.1) is 9.49 Å². The Hall–Kier alpha value is -0.0400. The zero-order chi connectivity index (χ0) is 13.3. The van der Waals surface area contributed by atoms with Crippen LogP contribution in [0.25, 0.3) is 0 Å². The third-order valence-electron chi connectivity index (χ3n) is 3.42. The van der Waals surface area contributed by atoms with Crippen LogP contribution < -0.4 is 5.73 Å². The van der Waals surface area contributed by atoms with Crippen molar-refractivity contribution in [2.75, 3.05) is 13.1 Å². The maximum absolute atomic E-state index is 12.3. The molecular formula is C13H17Cl2IN2O. The number of nitrogens with zero attached hydrogens (tertiary/aromatic N) is 1. The topological polar surface area (TPSA) is 46.3 Å². The Kier molecular flexibility index (Phi) is 6.36. The van der Waals surface area contributed by atoms with Gasteiger partial charge < -0.3 is 10.6 Å². The molecule has 1 saturated heterocycles. The molecule has 19 heavy (non-hydrogen) atoms. The maximum atomic E-state index is 12.3. The third-order valence-corrected chi connectivity index (χ3v) is 4.99. The maximum Gasteiger partial charge on any atom is 0.253 e. The number of rotatable bonds is 2. The molecule has 0 aromatic heterocycles. The lowest BCUT2D eigenvalue weighted by atomic mass is 10.0. The van der Waals surface area contributed by atoms with E-state index in [4.69, 9.17) is 17.3 Å². The quantitative estimate of drug-likeness (QED) is 0.755. The highest BCUT2D eigenvalue weighted by atomic mass is 127. The van der Waals surface area contributed by atoms with Crippen molar-refractivity contribution in [1.29, 1.82) is 0 Å². The first kappa shape index (κ1) is 17.0. The molecular weight excluding hydrogens is 398 g/mol. The van der Waals surface area contributed by atoms with Crippen molar-refractivity contribution in [1.82, 2.24) is 4.90 Å². The predicted octanol–water partition coefficient (Wildman–Crippen LogP) is 3.18. The minimum absolute atomic E-state index is 0. The molecule has 0 spiro atoms. The summed E-state index contributed by atoms with van der Waals surface area (Å²) in [5.74, 6) is 0.463. The van der Waals surface area contributed by atoms with Crippen LogP contribution in [0.1, 0.15) is 23.7 Å². The second-order valence-electron chi connectivity index (χ2n) is 4.79. The molecule has 6 heteroatoms. The van der Waals surface area contributed by atoms with Gasteiger partial charge in [-0.25, -0.2) is 0 Å². The van der Waals surface area contributed by atoms with Gasteiger partial charge in [0.25, 0.3) is 5.91 Å². The molecule has 2 unspecified atom stereocenters. The molecule has 3 nitrogen and oxygen atoms in total. The number of hydrogen-bond donors (Lipinski definition) is 1. The van der Waals surface area contributed by atoms with Gasteiger partial charge in [-0.2, -0.15) is 0 Å². The van der Waals surface area contributed by atoms with Gasteiger partial charge in [0, 0.05) is 28.3 Å². The Balaban J connectivity index is 0.00000180. The summed E-state index contributed by atoms with van der Waals surface area (Å²) in [7, 11) is 0. The molecule has 1 aromatic rings. The molecule has 0 saturated carbocycles. The molecule has 0 aliphatic carbocycles. The standard InChI is InChI=1S/C13H16ClIN2O.ClH/c1-8(16)10-4-5-17(7-10)13(18)9-2-3-12(15)11(14)6-9;/h2-3,6,8,10H,4-5,7,16H2,1H3;1H. The summed E-state index contributed by atoms with van der Waals surface area (Å²) in [4.78, 5) is 14.2. The summed E-state index contributed by atoms with van der Waals surface area (Å²) in [5.41, 5.74) is 6.54. The second-order valence-corrected chi connectivity index (χ2v) is 6.36. The van der Waals surface area contributed by atoms with Crippen molar-refractivity contribution < 1.29 is 4.79 Å². The normalized spacial score (nSPS) is 20.0. The van der Waals surface area contributed by atoms with Gasteiger partial charge in [0.15, 0.2) is 0 Å².